The normalized spacial score (nSPS) is 22.2. The summed E-state index contributed by atoms with van der Waals surface area (Å²) in [4.78, 5) is 23.8. The Morgan fingerprint density at radius 3 is 2.46 bits per heavy atom. The van der Waals surface area contributed by atoms with Gasteiger partial charge in [0.15, 0.2) is 0 Å². The van der Waals surface area contributed by atoms with E-state index < -0.39 is 17.8 Å². The number of rotatable bonds is 6. The number of carbonyl (C=O) groups is 2. The van der Waals surface area contributed by atoms with Gasteiger partial charge in [-0.05, 0) is 55.2 Å². The van der Waals surface area contributed by atoms with Crippen molar-refractivity contribution < 1.29 is 19.1 Å². The van der Waals surface area contributed by atoms with Gasteiger partial charge in [0.1, 0.15) is 11.9 Å². The Bertz CT molecular complexity index is 580. The van der Waals surface area contributed by atoms with Gasteiger partial charge >= 0.3 is 5.97 Å². The van der Waals surface area contributed by atoms with E-state index in [1.54, 1.807) is 12.1 Å². The van der Waals surface area contributed by atoms with Gasteiger partial charge in [0.25, 0.3) is 0 Å². The lowest BCUT2D eigenvalue weighted by Crippen LogP contribution is -2.45. The molecular weight excluding hydrogens is 309 g/mol. The van der Waals surface area contributed by atoms with E-state index in [0.717, 1.165) is 25.7 Å². The van der Waals surface area contributed by atoms with Crippen LogP contribution >= 0.6 is 0 Å². The third-order valence-electron chi connectivity index (χ3n) is 5.03. The minimum atomic E-state index is -1.09. The van der Waals surface area contributed by atoms with Crippen LogP contribution < -0.4 is 5.32 Å². The van der Waals surface area contributed by atoms with Gasteiger partial charge in [-0.2, -0.15) is 0 Å². The molecule has 0 bridgehead atoms. The van der Waals surface area contributed by atoms with Crippen LogP contribution in [0.1, 0.15) is 45.1 Å². The number of hydrogen-bond donors (Lipinski definition) is 2. The number of nitrogens with one attached hydrogen (secondary N) is 1. The summed E-state index contributed by atoms with van der Waals surface area (Å²) in [5, 5.41) is 12.0. The highest BCUT2D eigenvalue weighted by Crippen LogP contribution is 2.33. The molecule has 1 fully saturated rings. The van der Waals surface area contributed by atoms with Crippen LogP contribution in [-0.4, -0.2) is 23.0 Å². The molecule has 0 heterocycles. The van der Waals surface area contributed by atoms with Crippen LogP contribution in [0.2, 0.25) is 0 Å². The molecule has 0 aromatic heterocycles. The molecule has 1 saturated carbocycles. The van der Waals surface area contributed by atoms with Crippen molar-refractivity contribution in [1.29, 1.82) is 0 Å². The average Bonchev–Trinajstić information content (AvgIpc) is 2.54. The summed E-state index contributed by atoms with van der Waals surface area (Å²) in [6.45, 7) is 4.40. The Labute approximate surface area is 142 Å². The minimum Gasteiger partial charge on any atom is -0.480 e. The van der Waals surface area contributed by atoms with Crippen LogP contribution in [0.4, 0.5) is 4.39 Å². The van der Waals surface area contributed by atoms with E-state index in [2.05, 4.69) is 19.2 Å². The molecule has 4 nitrogen and oxygen atoms in total. The molecule has 1 aliphatic carbocycles. The highest BCUT2D eigenvalue weighted by Gasteiger charge is 2.30. The first-order valence-electron chi connectivity index (χ1n) is 8.64. The van der Waals surface area contributed by atoms with Crippen molar-refractivity contribution in [3.8, 4) is 0 Å². The molecule has 132 valence electrons. The Morgan fingerprint density at radius 2 is 1.92 bits per heavy atom. The third-order valence-corrected chi connectivity index (χ3v) is 5.03. The highest BCUT2D eigenvalue weighted by atomic mass is 19.1. The van der Waals surface area contributed by atoms with Crippen LogP contribution in [0.3, 0.4) is 0 Å². The van der Waals surface area contributed by atoms with Crippen molar-refractivity contribution in [1.82, 2.24) is 5.32 Å². The summed E-state index contributed by atoms with van der Waals surface area (Å²) in [7, 11) is 0. The van der Waals surface area contributed by atoms with Gasteiger partial charge < -0.3 is 10.4 Å². The lowest BCUT2D eigenvalue weighted by molar-refractivity contribution is -0.142. The maximum atomic E-state index is 13.2. The van der Waals surface area contributed by atoms with Crippen molar-refractivity contribution in [2.24, 2.45) is 17.8 Å². The fraction of sp³-hybridized carbons (Fsp3) is 0.579. The van der Waals surface area contributed by atoms with Crippen LogP contribution in [-0.2, 0) is 16.0 Å². The Balaban J connectivity index is 1.93. The number of hydrogen-bond acceptors (Lipinski definition) is 2. The summed E-state index contributed by atoms with van der Waals surface area (Å²) >= 11 is 0. The van der Waals surface area contributed by atoms with Gasteiger partial charge in [-0.3, -0.25) is 4.79 Å². The monoisotopic (exact) mass is 335 g/mol. The fourth-order valence-corrected chi connectivity index (χ4v) is 3.44. The molecule has 5 heteroatoms. The first kappa shape index (κ1) is 18.4. The summed E-state index contributed by atoms with van der Waals surface area (Å²) in [5.41, 5.74) is 0.561. The van der Waals surface area contributed by atoms with Crippen LogP contribution in [0.25, 0.3) is 0 Å². The third kappa shape index (κ3) is 5.05. The van der Waals surface area contributed by atoms with Crippen LogP contribution in [0.5, 0.6) is 0 Å². The molecule has 2 rings (SSSR count). The molecule has 1 amide bonds. The Hall–Kier alpha value is -1.91. The molecule has 1 atom stereocenters. The van der Waals surface area contributed by atoms with E-state index in [4.69, 9.17) is 0 Å². The van der Waals surface area contributed by atoms with Gasteiger partial charge in [0.05, 0.1) is 0 Å². The second-order valence-corrected chi connectivity index (χ2v) is 7.09. The van der Waals surface area contributed by atoms with E-state index in [9.17, 15) is 19.1 Å². The maximum absolute atomic E-state index is 13.2. The number of aliphatic carboxylic acids is 1. The Kier molecular flexibility index (Phi) is 6.35. The first-order valence-corrected chi connectivity index (χ1v) is 8.64. The molecular formula is C19H26FNO3. The second-order valence-electron chi connectivity index (χ2n) is 7.09. The molecule has 0 aliphatic heterocycles. The predicted molar refractivity (Wildman–Crippen MR) is 90.0 cm³/mol. The number of benzene rings is 1. The van der Waals surface area contributed by atoms with Gasteiger partial charge in [-0.1, -0.05) is 26.0 Å². The summed E-state index contributed by atoms with van der Waals surface area (Å²) < 4.78 is 13.2. The number of carboxylic acid groups (broad SMARTS) is 1. The van der Waals surface area contributed by atoms with Gasteiger partial charge in [-0.25, -0.2) is 9.18 Å². The van der Waals surface area contributed by atoms with E-state index in [0.29, 0.717) is 17.4 Å². The zero-order chi connectivity index (χ0) is 17.7. The number of amides is 1. The summed E-state index contributed by atoms with van der Waals surface area (Å²) in [6, 6.07) is 4.79. The standard InChI is InChI=1S/C19H26FNO3/c1-12(2)14-6-8-15(9-7-14)18(22)21-17(19(23)24)11-13-4-3-5-16(20)10-13/h3-5,10,12,14-15,17H,6-9,11H2,1-2H3,(H,21,22)(H,23,24)/t14-,15-,17?. The average molecular weight is 335 g/mol. The van der Waals surface area contributed by atoms with E-state index in [1.165, 1.54) is 12.1 Å². The molecule has 1 aromatic rings. The van der Waals surface area contributed by atoms with E-state index in [1.807, 2.05) is 0 Å². The molecule has 0 radical (unpaired) electrons. The maximum Gasteiger partial charge on any atom is 0.326 e. The SMILES string of the molecule is CC(C)[C@H]1CC[C@H](C(=O)NC(Cc2cccc(F)c2)C(=O)O)CC1. The smallest absolute Gasteiger partial charge is 0.326 e. The van der Waals surface area contributed by atoms with Crippen LogP contribution in [0.15, 0.2) is 24.3 Å². The van der Waals surface area contributed by atoms with Crippen molar-refractivity contribution >= 4 is 11.9 Å². The topological polar surface area (TPSA) is 66.4 Å². The molecule has 1 aliphatic rings. The molecule has 2 N–H and O–H groups in total. The number of halogens is 1. The molecule has 1 unspecified atom stereocenters. The lowest BCUT2D eigenvalue weighted by atomic mass is 9.76. The Morgan fingerprint density at radius 1 is 1.25 bits per heavy atom. The quantitative estimate of drug-likeness (QED) is 0.837. The van der Waals surface area contributed by atoms with Crippen LogP contribution in [0, 0.1) is 23.6 Å². The fourth-order valence-electron chi connectivity index (χ4n) is 3.44. The second kappa shape index (κ2) is 8.27. The minimum absolute atomic E-state index is 0.0835. The summed E-state index contributed by atoms with van der Waals surface area (Å²) in [6.07, 6.45) is 3.72. The van der Waals surface area contributed by atoms with Crippen molar-refractivity contribution in [3.63, 3.8) is 0 Å². The van der Waals surface area contributed by atoms with Gasteiger partial charge in [0.2, 0.25) is 5.91 Å². The number of carboxylic acids is 1. The molecule has 0 saturated heterocycles. The zero-order valence-electron chi connectivity index (χ0n) is 14.3. The zero-order valence-corrected chi connectivity index (χ0v) is 14.3. The highest BCUT2D eigenvalue weighted by molar-refractivity contribution is 5.85. The molecule has 0 spiro atoms. The van der Waals surface area contributed by atoms with Gasteiger partial charge in [0, 0.05) is 12.3 Å². The first-order chi connectivity index (χ1) is 11.4. The van der Waals surface area contributed by atoms with Crippen molar-refractivity contribution in [3.05, 3.63) is 35.6 Å². The molecule has 1 aromatic carbocycles. The summed E-state index contributed by atoms with van der Waals surface area (Å²) in [5.74, 6) is -0.542. The number of carbonyl (C=O) groups excluding carboxylic acids is 1. The van der Waals surface area contributed by atoms with Gasteiger partial charge in [-0.15, -0.1) is 0 Å². The van der Waals surface area contributed by atoms with Crippen molar-refractivity contribution in [2.75, 3.05) is 0 Å². The van der Waals surface area contributed by atoms with E-state index in [-0.39, 0.29) is 18.2 Å². The lowest BCUT2D eigenvalue weighted by Gasteiger charge is -2.30. The van der Waals surface area contributed by atoms with Crippen molar-refractivity contribution in [2.45, 2.75) is 52.0 Å². The predicted octanol–water partition coefficient (Wildman–Crippen LogP) is 3.40. The van der Waals surface area contributed by atoms with E-state index >= 15 is 0 Å². The molecule has 24 heavy (non-hydrogen) atoms. The largest absolute Gasteiger partial charge is 0.480 e.